The largest absolute Gasteiger partial charge is 0.381 e. The summed E-state index contributed by atoms with van der Waals surface area (Å²) in [6.45, 7) is 2.19. The van der Waals surface area contributed by atoms with E-state index in [4.69, 9.17) is 0 Å². The lowest BCUT2D eigenvalue weighted by Crippen LogP contribution is -2.15. The van der Waals surface area contributed by atoms with Crippen LogP contribution in [0.1, 0.15) is 16.7 Å². The van der Waals surface area contributed by atoms with Gasteiger partial charge in [-0.2, -0.15) is 0 Å². The predicted molar refractivity (Wildman–Crippen MR) is 74.1 cm³/mol. The molecule has 0 fully saturated rings. The molecule has 1 nitrogen and oxygen atoms in total. The molecule has 86 valence electrons. The molecule has 0 N–H and O–H groups in total. The molecule has 0 saturated heterocycles. The monoisotopic (exact) mass is 223 g/mol. The zero-order valence-corrected chi connectivity index (χ0v) is 10.6. The van der Waals surface area contributed by atoms with Gasteiger partial charge < -0.3 is 4.90 Å². The van der Waals surface area contributed by atoms with Crippen molar-refractivity contribution in [2.24, 2.45) is 0 Å². The van der Waals surface area contributed by atoms with E-state index in [-0.39, 0.29) is 0 Å². The predicted octanol–water partition coefficient (Wildman–Crippen LogP) is 3.61. The van der Waals surface area contributed by atoms with Gasteiger partial charge in [0, 0.05) is 26.2 Å². The maximum Gasteiger partial charge on any atom is 0.0178 e. The number of hydrogen-bond acceptors (Lipinski definition) is 1. The number of aryl methyl sites for hydroxylation is 1. The summed E-state index contributed by atoms with van der Waals surface area (Å²) in [6, 6.07) is 11.1. The third kappa shape index (κ3) is 1.54. The summed E-state index contributed by atoms with van der Waals surface area (Å²) in [6.07, 6.45) is 3.36. The average Bonchev–Trinajstić information content (AvgIpc) is 2.33. The lowest BCUT2D eigenvalue weighted by atomic mass is 9.89. The van der Waals surface area contributed by atoms with Gasteiger partial charge in [0.05, 0.1) is 0 Å². The summed E-state index contributed by atoms with van der Waals surface area (Å²) in [5.74, 6) is 0. The quantitative estimate of drug-likeness (QED) is 0.714. The lowest BCUT2D eigenvalue weighted by Gasteiger charge is -2.23. The van der Waals surface area contributed by atoms with Gasteiger partial charge in [0.1, 0.15) is 0 Å². The Morgan fingerprint density at radius 3 is 2.65 bits per heavy atom. The van der Waals surface area contributed by atoms with E-state index in [9.17, 15) is 0 Å². The van der Waals surface area contributed by atoms with Crippen molar-refractivity contribution in [3.05, 3.63) is 52.7 Å². The molecule has 0 unspecified atom stereocenters. The molecule has 17 heavy (non-hydrogen) atoms. The molecule has 0 heterocycles. The highest BCUT2D eigenvalue weighted by Crippen LogP contribution is 2.33. The van der Waals surface area contributed by atoms with Crippen LogP contribution >= 0.6 is 0 Å². The van der Waals surface area contributed by atoms with E-state index in [1.807, 2.05) is 0 Å². The Bertz CT molecular complexity index is 621. The van der Waals surface area contributed by atoms with Crippen LogP contribution < -0.4 is 0 Å². The third-order valence-corrected chi connectivity index (χ3v) is 3.65. The first-order valence-corrected chi connectivity index (χ1v) is 6.06. The molecular weight excluding hydrogens is 206 g/mol. The highest BCUT2D eigenvalue weighted by Gasteiger charge is 2.14. The SMILES string of the molecule is Cc1ccc2c3c(cccc13)CC(N(C)C)=C2. The van der Waals surface area contributed by atoms with Crippen molar-refractivity contribution >= 4 is 16.8 Å². The van der Waals surface area contributed by atoms with E-state index in [1.54, 1.807) is 0 Å². The average molecular weight is 223 g/mol. The normalized spacial score (nSPS) is 13.7. The Balaban J connectivity index is 2.35. The summed E-state index contributed by atoms with van der Waals surface area (Å²) in [7, 11) is 4.23. The second kappa shape index (κ2) is 3.63. The molecule has 0 atom stereocenters. The molecule has 0 aliphatic heterocycles. The molecular formula is C16H17N. The minimum atomic E-state index is 1.04. The maximum absolute atomic E-state index is 2.31. The Labute approximate surface area is 102 Å². The van der Waals surface area contributed by atoms with Gasteiger partial charge in [-0.3, -0.25) is 0 Å². The molecule has 3 rings (SSSR count). The van der Waals surface area contributed by atoms with Crippen molar-refractivity contribution in [3.63, 3.8) is 0 Å². The van der Waals surface area contributed by atoms with Crippen molar-refractivity contribution in [2.45, 2.75) is 13.3 Å². The second-order valence-electron chi connectivity index (χ2n) is 5.02. The lowest BCUT2D eigenvalue weighted by molar-refractivity contribution is 0.503. The number of likely N-dealkylation sites (N-methyl/N-ethyl adjacent to an activating group) is 1. The number of benzene rings is 2. The molecule has 0 amide bonds. The molecule has 2 aromatic carbocycles. The number of nitrogens with zero attached hydrogens (tertiary/aromatic N) is 1. The fraction of sp³-hybridized carbons (Fsp3) is 0.250. The Kier molecular flexibility index (Phi) is 2.22. The fourth-order valence-electron chi connectivity index (χ4n) is 2.64. The molecule has 2 aromatic rings. The van der Waals surface area contributed by atoms with Gasteiger partial charge in [0.15, 0.2) is 0 Å². The van der Waals surface area contributed by atoms with Crippen molar-refractivity contribution in [1.82, 2.24) is 4.90 Å². The van der Waals surface area contributed by atoms with Crippen LogP contribution in [0.15, 0.2) is 36.0 Å². The minimum absolute atomic E-state index is 1.04. The van der Waals surface area contributed by atoms with Crippen LogP contribution in [-0.2, 0) is 6.42 Å². The summed E-state index contributed by atoms with van der Waals surface area (Å²) < 4.78 is 0. The van der Waals surface area contributed by atoms with E-state index >= 15 is 0 Å². The van der Waals surface area contributed by atoms with Crippen molar-refractivity contribution in [2.75, 3.05) is 14.1 Å². The van der Waals surface area contributed by atoms with Crippen LogP contribution in [0.2, 0.25) is 0 Å². The van der Waals surface area contributed by atoms with E-state index in [1.165, 1.54) is 33.2 Å². The highest BCUT2D eigenvalue weighted by molar-refractivity contribution is 5.97. The first-order chi connectivity index (χ1) is 8.16. The summed E-state index contributed by atoms with van der Waals surface area (Å²) in [5.41, 5.74) is 5.56. The van der Waals surface area contributed by atoms with E-state index < -0.39 is 0 Å². The van der Waals surface area contributed by atoms with Crippen LogP contribution in [-0.4, -0.2) is 19.0 Å². The van der Waals surface area contributed by atoms with Gasteiger partial charge in [0.2, 0.25) is 0 Å². The zero-order chi connectivity index (χ0) is 12.0. The molecule has 0 aromatic heterocycles. The topological polar surface area (TPSA) is 3.24 Å². The van der Waals surface area contributed by atoms with Gasteiger partial charge in [-0.05, 0) is 40.5 Å². The van der Waals surface area contributed by atoms with Crippen molar-refractivity contribution < 1.29 is 0 Å². The number of allylic oxidation sites excluding steroid dienone is 1. The highest BCUT2D eigenvalue weighted by atomic mass is 15.1. The number of rotatable bonds is 1. The summed E-state index contributed by atoms with van der Waals surface area (Å²) in [5, 5.41) is 2.84. The summed E-state index contributed by atoms with van der Waals surface area (Å²) in [4.78, 5) is 2.21. The Morgan fingerprint density at radius 2 is 1.88 bits per heavy atom. The van der Waals surface area contributed by atoms with Gasteiger partial charge in [-0.25, -0.2) is 0 Å². The molecule has 0 spiro atoms. The summed E-state index contributed by atoms with van der Waals surface area (Å²) >= 11 is 0. The Morgan fingerprint density at radius 1 is 1.06 bits per heavy atom. The molecule has 0 radical (unpaired) electrons. The third-order valence-electron chi connectivity index (χ3n) is 3.65. The smallest absolute Gasteiger partial charge is 0.0178 e. The van der Waals surface area contributed by atoms with Crippen LogP contribution in [0.25, 0.3) is 16.8 Å². The molecule has 1 aliphatic rings. The van der Waals surface area contributed by atoms with E-state index in [0.29, 0.717) is 0 Å². The van der Waals surface area contributed by atoms with Crippen molar-refractivity contribution in [1.29, 1.82) is 0 Å². The second-order valence-corrected chi connectivity index (χ2v) is 5.02. The minimum Gasteiger partial charge on any atom is -0.381 e. The van der Waals surface area contributed by atoms with Gasteiger partial charge >= 0.3 is 0 Å². The van der Waals surface area contributed by atoms with E-state index in [0.717, 1.165) is 6.42 Å². The van der Waals surface area contributed by atoms with Gasteiger partial charge in [0.25, 0.3) is 0 Å². The molecule has 1 aliphatic carbocycles. The first kappa shape index (κ1) is 10.4. The van der Waals surface area contributed by atoms with Crippen LogP contribution in [0.4, 0.5) is 0 Å². The standard InChI is InChI=1S/C16H17N/c1-11-7-8-13-10-14(17(2)3)9-12-5-4-6-15(11)16(12)13/h4-8,10H,9H2,1-3H3. The van der Waals surface area contributed by atoms with Crippen LogP contribution in [0, 0.1) is 6.92 Å². The Hall–Kier alpha value is -1.76. The van der Waals surface area contributed by atoms with E-state index in [2.05, 4.69) is 62.3 Å². The molecule has 0 saturated carbocycles. The van der Waals surface area contributed by atoms with Gasteiger partial charge in [-0.1, -0.05) is 30.3 Å². The van der Waals surface area contributed by atoms with Gasteiger partial charge in [-0.15, -0.1) is 0 Å². The molecule has 1 heteroatoms. The maximum atomic E-state index is 2.31. The zero-order valence-electron chi connectivity index (χ0n) is 10.6. The fourth-order valence-corrected chi connectivity index (χ4v) is 2.64. The number of hydrogen-bond donors (Lipinski definition) is 0. The van der Waals surface area contributed by atoms with Crippen LogP contribution in [0.3, 0.4) is 0 Å². The molecule has 0 bridgehead atoms. The first-order valence-electron chi connectivity index (χ1n) is 6.06. The van der Waals surface area contributed by atoms with Crippen LogP contribution in [0.5, 0.6) is 0 Å². The van der Waals surface area contributed by atoms with Crippen molar-refractivity contribution in [3.8, 4) is 0 Å².